The summed E-state index contributed by atoms with van der Waals surface area (Å²) in [6, 6.07) is 5.65. The van der Waals surface area contributed by atoms with E-state index in [1.54, 1.807) is 7.11 Å². The summed E-state index contributed by atoms with van der Waals surface area (Å²) in [4.78, 5) is 0. The largest absolute Gasteiger partial charge is 0.497 e. The van der Waals surface area contributed by atoms with Gasteiger partial charge in [0, 0.05) is 12.1 Å². The molecule has 1 aromatic rings. The first-order valence-electron chi connectivity index (χ1n) is 4.70. The lowest BCUT2D eigenvalue weighted by atomic mass is 10.1. The van der Waals surface area contributed by atoms with E-state index in [0.717, 1.165) is 22.6 Å². The Morgan fingerprint density at radius 3 is 3.13 bits per heavy atom. The molecule has 1 aromatic carbocycles. The molecule has 1 aliphatic rings. The molecule has 0 radical (unpaired) electrons. The highest BCUT2D eigenvalue weighted by atomic mass is 16.5. The van der Waals surface area contributed by atoms with E-state index in [1.165, 1.54) is 0 Å². The predicted molar refractivity (Wildman–Crippen MR) is 56.3 cm³/mol. The Morgan fingerprint density at radius 1 is 1.53 bits per heavy atom. The summed E-state index contributed by atoms with van der Waals surface area (Å²) in [5.74, 6) is 1.64. The lowest BCUT2D eigenvalue weighted by molar-refractivity contribution is 0.173. The highest BCUT2D eigenvalue weighted by molar-refractivity contribution is 5.64. The van der Waals surface area contributed by atoms with E-state index in [4.69, 9.17) is 14.7 Å². The number of hydrogen-bond donors (Lipinski definition) is 2. The molecule has 0 aromatic heterocycles. The van der Waals surface area contributed by atoms with Crippen LogP contribution in [-0.2, 0) is 0 Å². The van der Waals surface area contributed by atoms with E-state index < -0.39 is 0 Å². The van der Waals surface area contributed by atoms with E-state index in [9.17, 15) is 0 Å². The maximum absolute atomic E-state index is 8.60. The van der Waals surface area contributed by atoms with Gasteiger partial charge in [-0.25, -0.2) is 5.48 Å². The number of nitrogens with one attached hydrogen (secondary N) is 1. The summed E-state index contributed by atoms with van der Waals surface area (Å²) >= 11 is 0. The van der Waals surface area contributed by atoms with Crippen LogP contribution in [0.4, 0.5) is 0 Å². The summed E-state index contributed by atoms with van der Waals surface area (Å²) in [5, 5.41) is 8.60. The van der Waals surface area contributed by atoms with Crippen molar-refractivity contribution in [2.24, 2.45) is 0 Å². The number of ether oxygens (including phenoxy) is 2. The van der Waals surface area contributed by atoms with Crippen LogP contribution in [0.2, 0.25) is 0 Å². The van der Waals surface area contributed by atoms with Crippen molar-refractivity contribution < 1.29 is 14.7 Å². The van der Waals surface area contributed by atoms with Crippen molar-refractivity contribution in [3.63, 3.8) is 0 Å². The molecule has 80 valence electrons. The van der Waals surface area contributed by atoms with Crippen molar-refractivity contribution in [1.82, 2.24) is 5.48 Å². The summed E-state index contributed by atoms with van der Waals surface area (Å²) in [6.45, 7) is 0.920. The lowest BCUT2D eigenvalue weighted by Crippen LogP contribution is -2.18. The van der Waals surface area contributed by atoms with Crippen LogP contribution in [0.3, 0.4) is 0 Å². The number of fused-ring (bicyclic) bond motifs is 1. The van der Waals surface area contributed by atoms with Crippen LogP contribution >= 0.6 is 0 Å². The van der Waals surface area contributed by atoms with E-state index in [2.05, 4.69) is 5.48 Å². The molecule has 1 aliphatic heterocycles. The topological polar surface area (TPSA) is 50.7 Å². The van der Waals surface area contributed by atoms with Gasteiger partial charge in [0.2, 0.25) is 0 Å². The average molecular weight is 207 g/mol. The summed E-state index contributed by atoms with van der Waals surface area (Å²) in [5.41, 5.74) is 4.09. The molecule has 1 heterocycles. The normalized spacial score (nSPS) is 13.9. The molecule has 0 unspecified atom stereocenters. The molecule has 2 rings (SSSR count). The van der Waals surface area contributed by atoms with E-state index in [-0.39, 0.29) is 0 Å². The molecule has 15 heavy (non-hydrogen) atoms. The van der Waals surface area contributed by atoms with Crippen molar-refractivity contribution in [2.45, 2.75) is 0 Å². The second kappa shape index (κ2) is 4.33. The minimum absolute atomic E-state index is 0.413. The Kier molecular flexibility index (Phi) is 2.89. The highest BCUT2D eigenvalue weighted by Gasteiger charge is 2.11. The van der Waals surface area contributed by atoms with Gasteiger partial charge >= 0.3 is 0 Å². The maximum atomic E-state index is 8.60. The molecule has 4 heteroatoms. The molecule has 0 spiro atoms. The van der Waals surface area contributed by atoms with E-state index in [0.29, 0.717) is 13.2 Å². The molecule has 2 N–H and O–H groups in total. The zero-order valence-electron chi connectivity index (χ0n) is 8.49. The Labute approximate surface area is 88.1 Å². The number of hydrogen-bond acceptors (Lipinski definition) is 4. The maximum Gasteiger partial charge on any atom is 0.127 e. The second-order valence-electron chi connectivity index (χ2n) is 3.33. The Hall–Kier alpha value is -1.52. The molecule has 0 saturated carbocycles. The molecule has 0 aliphatic carbocycles. The van der Waals surface area contributed by atoms with Gasteiger partial charge in [0.1, 0.15) is 18.1 Å². The van der Waals surface area contributed by atoms with Crippen LogP contribution in [-0.4, -0.2) is 25.5 Å². The van der Waals surface area contributed by atoms with Gasteiger partial charge < -0.3 is 14.7 Å². The minimum Gasteiger partial charge on any atom is -0.497 e. The molecule has 0 bridgehead atoms. The first kappa shape index (κ1) is 10.0. The zero-order chi connectivity index (χ0) is 10.7. The smallest absolute Gasteiger partial charge is 0.127 e. The van der Waals surface area contributed by atoms with Crippen molar-refractivity contribution in [3.05, 3.63) is 29.3 Å². The van der Waals surface area contributed by atoms with Crippen LogP contribution in [0.5, 0.6) is 11.5 Å². The Balaban J connectivity index is 2.30. The molecule has 0 amide bonds. The van der Waals surface area contributed by atoms with Gasteiger partial charge in [-0.3, -0.25) is 0 Å². The van der Waals surface area contributed by atoms with Crippen LogP contribution in [0, 0.1) is 0 Å². The third-order valence-corrected chi connectivity index (χ3v) is 2.30. The number of hydroxylamine groups is 1. The molecular weight excluding hydrogens is 194 g/mol. The number of benzene rings is 1. The number of rotatable bonds is 3. The van der Waals surface area contributed by atoms with Crippen molar-refractivity contribution in [3.8, 4) is 11.5 Å². The van der Waals surface area contributed by atoms with Crippen molar-refractivity contribution in [2.75, 3.05) is 20.3 Å². The summed E-state index contributed by atoms with van der Waals surface area (Å²) in [6.07, 6.45) is 1.99. The molecule has 0 atom stereocenters. The summed E-state index contributed by atoms with van der Waals surface area (Å²) < 4.78 is 10.6. The van der Waals surface area contributed by atoms with Crippen LogP contribution in [0.25, 0.3) is 6.08 Å². The Bertz CT molecular complexity index is 387. The standard InChI is InChI=1S/C11H13NO3/c1-14-10-2-3-11-9(5-10)4-8(6-12-13)7-15-11/h2-5,12-13H,6-7H2,1H3. The van der Waals surface area contributed by atoms with Gasteiger partial charge in [-0.15, -0.1) is 0 Å². The van der Waals surface area contributed by atoms with Crippen LogP contribution < -0.4 is 15.0 Å². The average Bonchev–Trinajstić information content (AvgIpc) is 2.28. The van der Waals surface area contributed by atoms with Gasteiger partial charge in [0.05, 0.1) is 7.11 Å². The third kappa shape index (κ3) is 2.11. The fourth-order valence-corrected chi connectivity index (χ4v) is 1.53. The monoisotopic (exact) mass is 207 g/mol. The molecule has 4 nitrogen and oxygen atoms in total. The van der Waals surface area contributed by atoms with Gasteiger partial charge in [0.15, 0.2) is 0 Å². The van der Waals surface area contributed by atoms with Gasteiger partial charge in [0.25, 0.3) is 0 Å². The van der Waals surface area contributed by atoms with Gasteiger partial charge in [-0.1, -0.05) is 0 Å². The van der Waals surface area contributed by atoms with Gasteiger partial charge in [-0.05, 0) is 29.8 Å². The van der Waals surface area contributed by atoms with Crippen molar-refractivity contribution >= 4 is 6.08 Å². The second-order valence-corrected chi connectivity index (χ2v) is 3.33. The number of methoxy groups -OCH3 is 1. The Morgan fingerprint density at radius 2 is 2.40 bits per heavy atom. The van der Waals surface area contributed by atoms with Crippen molar-refractivity contribution in [1.29, 1.82) is 0 Å². The van der Waals surface area contributed by atoms with Crippen LogP contribution in [0.15, 0.2) is 23.8 Å². The molecular formula is C11H13NO3. The minimum atomic E-state index is 0.413. The highest BCUT2D eigenvalue weighted by Crippen LogP contribution is 2.29. The van der Waals surface area contributed by atoms with E-state index >= 15 is 0 Å². The first-order valence-corrected chi connectivity index (χ1v) is 4.70. The molecule has 0 saturated heterocycles. The quantitative estimate of drug-likeness (QED) is 0.736. The fraction of sp³-hybridized carbons (Fsp3) is 0.273. The first-order chi connectivity index (χ1) is 7.33. The van der Waals surface area contributed by atoms with Gasteiger partial charge in [-0.2, -0.15) is 0 Å². The van der Waals surface area contributed by atoms with Crippen LogP contribution in [0.1, 0.15) is 5.56 Å². The zero-order valence-corrected chi connectivity index (χ0v) is 8.49. The SMILES string of the molecule is COc1ccc2c(c1)C=C(CNO)CO2. The van der Waals surface area contributed by atoms with E-state index in [1.807, 2.05) is 24.3 Å². The fourth-order valence-electron chi connectivity index (χ4n) is 1.53. The lowest BCUT2D eigenvalue weighted by Gasteiger charge is -2.18. The molecule has 0 fully saturated rings. The summed E-state index contributed by atoms with van der Waals surface area (Å²) in [7, 11) is 1.63. The predicted octanol–water partition coefficient (Wildman–Crippen LogP) is 1.45. The third-order valence-electron chi connectivity index (χ3n) is 2.30.